The summed E-state index contributed by atoms with van der Waals surface area (Å²) in [6, 6.07) is 16.0. The molecule has 0 atom stereocenters. The van der Waals surface area contributed by atoms with Gasteiger partial charge < -0.3 is 5.32 Å². The Hall–Kier alpha value is -2.38. The summed E-state index contributed by atoms with van der Waals surface area (Å²) in [6.07, 6.45) is 1.56. The average molecular weight is 398 g/mol. The molecule has 0 radical (unpaired) electrons. The molecule has 0 unspecified atom stereocenters. The molecule has 0 aliphatic heterocycles. The molecule has 0 aliphatic rings. The number of benzene rings is 2. The van der Waals surface area contributed by atoms with Gasteiger partial charge in [-0.3, -0.25) is 0 Å². The molecule has 4 aromatic rings. The summed E-state index contributed by atoms with van der Waals surface area (Å²) in [5.41, 5.74) is 1.98. The van der Waals surface area contributed by atoms with E-state index in [1.807, 2.05) is 48.5 Å². The largest absolute Gasteiger partial charge is 0.363 e. The topological polar surface area (TPSA) is 63.6 Å². The van der Waals surface area contributed by atoms with Crippen LogP contribution in [0.5, 0.6) is 0 Å². The highest BCUT2D eigenvalue weighted by Gasteiger charge is 2.08. The first kappa shape index (κ1) is 15.2. The van der Waals surface area contributed by atoms with Crippen molar-refractivity contribution in [3.63, 3.8) is 0 Å². The van der Waals surface area contributed by atoms with Crippen LogP contribution in [-0.2, 0) is 6.54 Å². The molecule has 0 amide bonds. The Bertz CT molecular complexity index is 987. The summed E-state index contributed by atoms with van der Waals surface area (Å²) in [7, 11) is 0. The van der Waals surface area contributed by atoms with E-state index >= 15 is 0 Å². The standard InChI is InChI=1S/C17H12BrN5S/c18-12-6-7-14-13(8-12)16(21-10-20-14)19-9-15-22-23-17(24-15)11-4-2-1-3-5-11/h1-8,10H,9H2,(H,19,20,21). The lowest BCUT2D eigenvalue weighted by Crippen LogP contribution is -2.02. The molecule has 0 fully saturated rings. The van der Waals surface area contributed by atoms with Crippen molar-refractivity contribution in [3.05, 3.63) is 64.3 Å². The van der Waals surface area contributed by atoms with Crippen molar-refractivity contribution in [2.24, 2.45) is 0 Å². The van der Waals surface area contributed by atoms with E-state index in [0.29, 0.717) is 6.54 Å². The van der Waals surface area contributed by atoms with E-state index in [9.17, 15) is 0 Å². The molecule has 2 aromatic heterocycles. The highest BCUT2D eigenvalue weighted by Crippen LogP contribution is 2.26. The minimum Gasteiger partial charge on any atom is -0.363 e. The summed E-state index contributed by atoms with van der Waals surface area (Å²) < 4.78 is 0.995. The zero-order chi connectivity index (χ0) is 16.4. The van der Waals surface area contributed by atoms with Crippen LogP contribution in [0.2, 0.25) is 0 Å². The van der Waals surface area contributed by atoms with Crippen LogP contribution in [0.25, 0.3) is 21.5 Å². The molecule has 0 spiro atoms. The van der Waals surface area contributed by atoms with Crippen LogP contribution in [0, 0.1) is 0 Å². The van der Waals surface area contributed by atoms with Gasteiger partial charge in [-0.15, -0.1) is 10.2 Å². The van der Waals surface area contributed by atoms with Crippen molar-refractivity contribution in [1.29, 1.82) is 0 Å². The Labute approximate surface area is 150 Å². The maximum atomic E-state index is 4.34. The Morgan fingerprint density at radius 2 is 1.88 bits per heavy atom. The van der Waals surface area contributed by atoms with Gasteiger partial charge in [0.1, 0.15) is 22.2 Å². The van der Waals surface area contributed by atoms with Crippen molar-refractivity contribution in [3.8, 4) is 10.6 Å². The number of anilines is 1. The fraction of sp³-hybridized carbons (Fsp3) is 0.0588. The van der Waals surface area contributed by atoms with Crippen LogP contribution in [0.1, 0.15) is 5.01 Å². The lowest BCUT2D eigenvalue weighted by Gasteiger charge is -2.06. The second-order valence-electron chi connectivity index (χ2n) is 5.10. The van der Waals surface area contributed by atoms with Crippen LogP contribution in [0.4, 0.5) is 5.82 Å². The van der Waals surface area contributed by atoms with Gasteiger partial charge in [0.2, 0.25) is 0 Å². The summed E-state index contributed by atoms with van der Waals surface area (Å²) >= 11 is 5.06. The van der Waals surface area contributed by atoms with Crippen LogP contribution >= 0.6 is 27.3 Å². The van der Waals surface area contributed by atoms with Gasteiger partial charge in [-0.1, -0.05) is 57.6 Å². The quantitative estimate of drug-likeness (QED) is 0.548. The fourth-order valence-corrected chi connectivity index (χ4v) is 3.50. The van der Waals surface area contributed by atoms with Gasteiger partial charge in [0.05, 0.1) is 12.1 Å². The van der Waals surface area contributed by atoms with Crippen molar-refractivity contribution < 1.29 is 0 Å². The van der Waals surface area contributed by atoms with Crippen LogP contribution < -0.4 is 5.32 Å². The zero-order valence-corrected chi connectivity index (χ0v) is 14.9. The number of aromatic nitrogens is 4. The predicted octanol–water partition coefficient (Wildman–Crippen LogP) is 4.52. The van der Waals surface area contributed by atoms with E-state index in [1.165, 1.54) is 0 Å². The first-order chi connectivity index (χ1) is 11.8. The monoisotopic (exact) mass is 397 g/mol. The lowest BCUT2D eigenvalue weighted by molar-refractivity contribution is 0.985. The first-order valence-electron chi connectivity index (χ1n) is 7.31. The molecule has 1 N–H and O–H groups in total. The Morgan fingerprint density at radius 3 is 2.75 bits per heavy atom. The number of halogens is 1. The number of hydrogen-bond donors (Lipinski definition) is 1. The van der Waals surface area contributed by atoms with E-state index in [2.05, 4.69) is 41.4 Å². The summed E-state index contributed by atoms with van der Waals surface area (Å²) in [4.78, 5) is 8.63. The predicted molar refractivity (Wildman–Crippen MR) is 99.9 cm³/mol. The molecule has 2 aromatic carbocycles. The maximum absolute atomic E-state index is 4.34. The molecule has 2 heterocycles. The fourth-order valence-electron chi connectivity index (χ4n) is 2.35. The van der Waals surface area contributed by atoms with Crippen LogP contribution in [0.3, 0.4) is 0 Å². The molecular formula is C17H12BrN5S. The molecule has 0 saturated carbocycles. The smallest absolute Gasteiger partial charge is 0.147 e. The van der Waals surface area contributed by atoms with E-state index < -0.39 is 0 Å². The summed E-state index contributed by atoms with van der Waals surface area (Å²) in [6.45, 7) is 0.573. The van der Waals surface area contributed by atoms with Crippen molar-refractivity contribution in [1.82, 2.24) is 20.2 Å². The molecule has 5 nitrogen and oxygen atoms in total. The highest BCUT2D eigenvalue weighted by atomic mass is 79.9. The summed E-state index contributed by atoms with van der Waals surface area (Å²) in [5, 5.41) is 14.7. The maximum Gasteiger partial charge on any atom is 0.147 e. The van der Waals surface area contributed by atoms with Crippen molar-refractivity contribution in [2.75, 3.05) is 5.32 Å². The van der Waals surface area contributed by atoms with Crippen LogP contribution in [0.15, 0.2) is 59.3 Å². The molecule has 118 valence electrons. The molecule has 7 heteroatoms. The molecule has 0 aliphatic carbocycles. The average Bonchev–Trinajstić information content (AvgIpc) is 3.10. The van der Waals surface area contributed by atoms with Gasteiger partial charge in [0, 0.05) is 15.4 Å². The number of rotatable bonds is 4. The second kappa shape index (κ2) is 6.62. The normalized spacial score (nSPS) is 10.9. The number of nitrogens with zero attached hydrogens (tertiary/aromatic N) is 4. The first-order valence-corrected chi connectivity index (χ1v) is 8.92. The Kier molecular flexibility index (Phi) is 4.18. The lowest BCUT2D eigenvalue weighted by atomic mass is 10.2. The second-order valence-corrected chi connectivity index (χ2v) is 7.08. The number of nitrogens with one attached hydrogen (secondary N) is 1. The third kappa shape index (κ3) is 3.13. The van der Waals surface area contributed by atoms with E-state index in [0.717, 1.165) is 36.8 Å². The summed E-state index contributed by atoms with van der Waals surface area (Å²) in [5.74, 6) is 0.790. The van der Waals surface area contributed by atoms with Crippen molar-refractivity contribution in [2.45, 2.75) is 6.54 Å². The third-order valence-electron chi connectivity index (χ3n) is 3.49. The molecule has 0 bridgehead atoms. The minimum atomic E-state index is 0.573. The van der Waals surface area contributed by atoms with Gasteiger partial charge in [-0.25, -0.2) is 9.97 Å². The Balaban J connectivity index is 1.56. The van der Waals surface area contributed by atoms with E-state index in [1.54, 1.807) is 17.7 Å². The third-order valence-corrected chi connectivity index (χ3v) is 4.96. The molecule has 4 rings (SSSR count). The van der Waals surface area contributed by atoms with Gasteiger partial charge in [-0.2, -0.15) is 0 Å². The van der Waals surface area contributed by atoms with Gasteiger partial charge in [-0.05, 0) is 18.2 Å². The number of hydrogen-bond acceptors (Lipinski definition) is 6. The van der Waals surface area contributed by atoms with Crippen molar-refractivity contribution >= 4 is 44.0 Å². The van der Waals surface area contributed by atoms with Gasteiger partial charge in [0.25, 0.3) is 0 Å². The molecular weight excluding hydrogens is 386 g/mol. The molecule has 0 saturated heterocycles. The molecule has 24 heavy (non-hydrogen) atoms. The minimum absolute atomic E-state index is 0.573. The van der Waals surface area contributed by atoms with E-state index in [-0.39, 0.29) is 0 Å². The SMILES string of the molecule is Brc1ccc2ncnc(NCc3nnc(-c4ccccc4)s3)c2c1. The zero-order valence-electron chi connectivity index (χ0n) is 12.5. The highest BCUT2D eigenvalue weighted by molar-refractivity contribution is 9.10. The van der Waals surface area contributed by atoms with Gasteiger partial charge in [0.15, 0.2) is 0 Å². The van der Waals surface area contributed by atoms with Gasteiger partial charge >= 0.3 is 0 Å². The Morgan fingerprint density at radius 1 is 1.00 bits per heavy atom. The number of fused-ring (bicyclic) bond motifs is 1. The van der Waals surface area contributed by atoms with E-state index in [4.69, 9.17) is 0 Å². The van der Waals surface area contributed by atoms with Crippen LogP contribution in [-0.4, -0.2) is 20.2 Å².